The number of nitrogens with zero attached hydrogens (tertiary/aromatic N) is 2. The molecule has 27 heavy (non-hydrogen) atoms. The first-order valence-electron chi connectivity index (χ1n) is 10.3. The third-order valence-electron chi connectivity index (χ3n) is 4.69. The van der Waals surface area contributed by atoms with Gasteiger partial charge < -0.3 is 0 Å². The minimum atomic E-state index is -0.130. The Labute approximate surface area is 169 Å². The van der Waals surface area contributed by atoms with Crippen molar-refractivity contribution in [3.05, 3.63) is 29.3 Å². The van der Waals surface area contributed by atoms with Gasteiger partial charge in [-0.05, 0) is 37.8 Å². The van der Waals surface area contributed by atoms with Gasteiger partial charge in [0, 0.05) is 19.2 Å². The minimum Gasteiger partial charge on any atom is -0.273 e. The highest BCUT2D eigenvalue weighted by molar-refractivity contribution is 8.13. The molecule has 0 unspecified atom stereocenters. The number of rotatable bonds is 10. The number of benzene rings is 1. The van der Waals surface area contributed by atoms with Crippen molar-refractivity contribution in [2.24, 2.45) is 0 Å². The Morgan fingerprint density at radius 2 is 1.67 bits per heavy atom. The predicted octanol–water partition coefficient (Wildman–Crippen LogP) is 6.36. The lowest BCUT2D eigenvalue weighted by molar-refractivity contribution is -0.118. The topological polar surface area (TPSA) is 40.6 Å². The molecular weight excluding hydrogens is 356 g/mol. The number of hydrazine groups is 1. The second-order valence-corrected chi connectivity index (χ2v) is 7.91. The molecule has 0 aromatic heterocycles. The van der Waals surface area contributed by atoms with Crippen LogP contribution in [0.2, 0.25) is 0 Å². The first-order valence-corrected chi connectivity index (χ1v) is 11.3. The van der Waals surface area contributed by atoms with E-state index in [0.717, 1.165) is 35.4 Å². The van der Waals surface area contributed by atoms with E-state index in [1.807, 2.05) is 32.0 Å². The van der Waals surface area contributed by atoms with Crippen LogP contribution in [0.3, 0.4) is 0 Å². The van der Waals surface area contributed by atoms with E-state index in [9.17, 15) is 9.59 Å². The number of aryl methyl sites for hydroxylation is 2. The van der Waals surface area contributed by atoms with Crippen molar-refractivity contribution in [3.63, 3.8) is 0 Å². The molecule has 0 saturated heterocycles. The third kappa shape index (κ3) is 7.21. The molecule has 0 aliphatic rings. The van der Waals surface area contributed by atoms with Gasteiger partial charge in [0.25, 0.3) is 0 Å². The van der Waals surface area contributed by atoms with Crippen LogP contribution >= 0.6 is 11.8 Å². The monoisotopic (exact) mass is 392 g/mol. The van der Waals surface area contributed by atoms with Crippen LogP contribution in [0.15, 0.2) is 18.2 Å². The minimum absolute atomic E-state index is 0.0495. The summed E-state index contributed by atoms with van der Waals surface area (Å²) in [7, 11) is 0. The summed E-state index contributed by atoms with van der Waals surface area (Å²) in [4.78, 5) is 25.3. The van der Waals surface area contributed by atoms with E-state index in [4.69, 9.17) is 0 Å². The van der Waals surface area contributed by atoms with Gasteiger partial charge in [-0.25, -0.2) is 10.0 Å². The fourth-order valence-electron chi connectivity index (χ4n) is 3.22. The molecular formula is C22H36N2O2S. The Morgan fingerprint density at radius 3 is 2.26 bits per heavy atom. The Bertz CT molecular complexity index is 604. The van der Waals surface area contributed by atoms with Gasteiger partial charge in [0.15, 0.2) is 0 Å². The molecule has 0 spiro atoms. The first-order chi connectivity index (χ1) is 13.0. The highest BCUT2D eigenvalue weighted by atomic mass is 32.2. The van der Waals surface area contributed by atoms with Crippen LogP contribution in [0.5, 0.6) is 0 Å². The number of hydrogen-bond donors (Lipinski definition) is 0. The van der Waals surface area contributed by atoms with Gasteiger partial charge in [-0.15, -0.1) is 0 Å². The van der Waals surface area contributed by atoms with Crippen LogP contribution in [0, 0.1) is 6.92 Å². The zero-order chi connectivity index (χ0) is 20.2. The summed E-state index contributed by atoms with van der Waals surface area (Å²) in [5.41, 5.74) is 2.94. The number of anilines is 1. The van der Waals surface area contributed by atoms with Crippen LogP contribution in [-0.2, 0) is 11.2 Å². The largest absolute Gasteiger partial charge is 0.300 e. The second kappa shape index (κ2) is 12.8. The number of hydrogen-bond acceptors (Lipinski definition) is 3. The highest BCUT2D eigenvalue weighted by Gasteiger charge is 2.27. The molecule has 1 aromatic rings. The average molecular weight is 393 g/mol. The van der Waals surface area contributed by atoms with Crippen molar-refractivity contribution in [3.8, 4) is 0 Å². The van der Waals surface area contributed by atoms with Crippen LogP contribution in [0.25, 0.3) is 0 Å². The van der Waals surface area contributed by atoms with E-state index in [0.29, 0.717) is 6.54 Å². The molecule has 0 saturated carbocycles. The molecule has 0 heterocycles. The van der Waals surface area contributed by atoms with Crippen molar-refractivity contribution in [1.82, 2.24) is 5.01 Å². The van der Waals surface area contributed by atoms with Gasteiger partial charge in [-0.3, -0.25) is 9.59 Å². The molecule has 1 rings (SSSR count). The van der Waals surface area contributed by atoms with Crippen molar-refractivity contribution in [2.45, 2.75) is 79.6 Å². The van der Waals surface area contributed by atoms with Crippen molar-refractivity contribution >= 4 is 28.6 Å². The van der Waals surface area contributed by atoms with Gasteiger partial charge in [0.05, 0.1) is 5.69 Å². The lowest BCUT2D eigenvalue weighted by Gasteiger charge is -2.35. The number of carbonyl (C=O) groups excluding carboxylic acids is 2. The number of para-hydroxylation sites is 1. The summed E-state index contributed by atoms with van der Waals surface area (Å²) in [5.74, 6) is 0.677. The van der Waals surface area contributed by atoms with Crippen LogP contribution in [0.4, 0.5) is 10.5 Å². The summed E-state index contributed by atoms with van der Waals surface area (Å²) >= 11 is 1.33. The van der Waals surface area contributed by atoms with E-state index in [2.05, 4.69) is 13.8 Å². The molecule has 0 aliphatic heterocycles. The highest BCUT2D eigenvalue weighted by Crippen LogP contribution is 2.29. The summed E-state index contributed by atoms with van der Waals surface area (Å²) in [6.45, 7) is 10.2. The fraction of sp³-hybridized carbons (Fsp3) is 0.636. The van der Waals surface area contributed by atoms with E-state index in [1.165, 1.54) is 50.8 Å². The van der Waals surface area contributed by atoms with Crippen LogP contribution in [-0.4, -0.2) is 28.5 Å². The van der Waals surface area contributed by atoms with E-state index >= 15 is 0 Å². The summed E-state index contributed by atoms with van der Waals surface area (Å²) < 4.78 is 0. The Kier molecular flexibility index (Phi) is 11.2. The average Bonchev–Trinajstić information content (AvgIpc) is 2.65. The number of unbranched alkanes of at least 4 members (excludes halogenated alkanes) is 5. The molecule has 1 aromatic carbocycles. The van der Waals surface area contributed by atoms with Gasteiger partial charge in [0.1, 0.15) is 0 Å². The standard InChI is InChI=1S/C22H36N2O2S/c1-6-9-10-11-12-13-17-27-22(26)23(8-3)24(19(5)25)21-18(4)15-14-16-20(21)7-2/h14-16H,6-13,17H2,1-5H3. The zero-order valence-corrected chi connectivity index (χ0v) is 18.5. The van der Waals surface area contributed by atoms with Crippen molar-refractivity contribution < 1.29 is 9.59 Å². The summed E-state index contributed by atoms with van der Waals surface area (Å²) in [5, 5.41) is 3.11. The van der Waals surface area contributed by atoms with E-state index in [1.54, 1.807) is 10.0 Å². The summed E-state index contributed by atoms with van der Waals surface area (Å²) in [6, 6.07) is 6.02. The zero-order valence-electron chi connectivity index (χ0n) is 17.7. The molecule has 0 aliphatic carbocycles. The maximum Gasteiger partial charge on any atom is 0.300 e. The molecule has 4 nitrogen and oxygen atoms in total. The van der Waals surface area contributed by atoms with E-state index in [-0.39, 0.29) is 11.1 Å². The third-order valence-corrected chi connectivity index (χ3v) is 5.64. The van der Waals surface area contributed by atoms with Gasteiger partial charge in [0.2, 0.25) is 5.91 Å². The number of thioether (sulfide) groups is 1. The molecule has 0 bridgehead atoms. The quantitative estimate of drug-likeness (QED) is 0.343. The molecule has 0 fully saturated rings. The fourth-order valence-corrected chi connectivity index (χ4v) is 4.11. The number of carbonyl (C=O) groups is 2. The number of amides is 2. The smallest absolute Gasteiger partial charge is 0.273 e. The Hall–Kier alpha value is -1.49. The second-order valence-electron chi connectivity index (χ2n) is 6.86. The predicted molar refractivity (Wildman–Crippen MR) is 117 cm³/mol. The Morgan fingerprint density at radius 1 is 1.00 bits per heavy atom. The lowest BCUT2D eigenvalue weighted by Crippen LogP contribution is -2.48. The van der Waals surface area contributed by atoms with Crippen LogP contribution in [0.1, 0.15) is 77.3 Å². The SMILES string of the molecule is CCCCCCCCSC(=O)N(CC)N(C(C)=O)c1c(C)cccc1CC. The molecule has 0 radical (unpaired) electrons. The molecule has 2 amide bonds. The molecule has 152 valence electrons. The van der Waals surface area contributed by atoms with Gasteiger partial charge >= 0.3 is 5.24 Å². The first kappa shape index (κ1) is 23.5. The Balaban J connectivity index is 2.81. The van der Waals surface area contributed by atoms with Gasteiger partial charge in [-0.1, -0.05) is 75.9 Å². The van der Waals surface area contributed by atoms with Crippen molar-refractivity contribution in [2.75, 3.05) is 17.3 Å². The van der Waals surface area contributed by atoms with Crippen LogP contribution < -0.4 is 5.01 Å². The molecule has 5 heteroatoms. The van der Waals surface area contributed by atoms with E-state index < -0.39 is 0 Å². The maximum absolute atomic E-state index is 12.8. The maximum atomic E-state index is 12.8. The normalized spacial score (nSPS) is 10.7. The summed E-state index contributed by atoms with van der Waals surface area (Å²) in [6.07, 6.45) is 8.09. The molecule has 0 N–H and O–H groups in total. The molecule has 0 atom stereocenters. The lowest BCUT2D eigenvalue weighted by atomic mass is 10.1. The van der Waals surface area contributed by atoms with Gasteiger partial charge in [-0.2, -0.15) is 0 Å². The van der Waals surface area contributed by atoms with Crippen molar-refractivity contribution in [1.29, 1.82) is 0 Å².